The van der Waals surface area contributed by atoms with Gasteiger partial charge < -0.3 is 15.5 Å². The van der Waals surface area contributed by atoms with E-state index < -0.39 is 18.2 Å². The van der Waals surface area contributed by atoms with E-state index in [-0.39, 0.29) is 24.6 Å². The van der Waals surface area contributed by atoms with Crippen LogP contribution >= 0.6 is 0 Å². The summed E-state index contributed by atoms with van der Waals surface area (Å²) in [5.74, 6) is -0.141. The van der Waals surface area contributed by atoms with Crippen molar-refractivity contribution in [2.45, 2.75) is 18.6 Å². The molecule has 3 aromatic carbocycles. The van der Waals surface area contributed by atoms with Crippen LogP contribution in [0.15, 0.2) is 66.7 Å². The quantitative estimate of drug-likeness (QED) is 0.615. The highest BCUT2D eigenvalue weighted by Gasteiger charge is 2.42. The first-order valence-corrected chi connectivity index (χ1v) is 10.3. The van der Waals surface area contributed by atoms with Crippen LogP contribution in [-0.4, -0.2) is 42.6 Å². The molecule has 166 valence electrons. The summed E-state index contributed by atoms with van der Waals surface area (Å²) in [7, 11) is 0. The van der Waals surface area contributed by atoms with Gasteiger partial charge in [0.05, 0.1) is 0 Å². The molecular weight excluding hydrogens is 419 g/mol. The lowest BCUT2D eigenvalue weighted by atomic mass is 9.98. The smallest absolute Gasteiger partial charge is 0.337 e. The number of amides is 3. The predicted molar refractivity (Wildman–Crippen MR) is 115 cm³/mol. The third-order valence-electron chi connectivity index (χ3n) is 5.59. The van der Waals surface area contributed by atoms with Crippen LogP contribution in [-0.2, 0) is 6.42 Å². The molecule has 3 aromatic rings. The first kappa shape index (κ1) is 21.7. The number of urea groups is 1. The van der Waals surface area contributed by atoms with E-state index in [0.717, 1.165) is 5.56 Å². The van der Waals surface area contributed by atoms with E-state index in [1.54, 1.807) is 47.4 Å². The maximum Gasteiger partial charge on any atom is 0.412 e. The fourth-order valence-corrected chi connectivity index (χ4v) is 4.01. The zero-order valence-electron chi connectivity index (χ0n) is 17.2. The fraction of sp³-hybridized carbons (Fsp3) is 0.250. The molecule has 1 aliphatic heterocycles. The third kappa shape index (κ3) is 4.54. The average Bonchev–Trinajstić information content (AvgIpc) is 2.78. The molecule has 1 atom stereocenters. The highest BCUT2D eigenvalue weighted by molar-refractivity contribution is 5.96. The Bertz CT molecular complexity index is 1140. The van der Waals surface area contributed by atoms with E-state index in [0.29, 0.717) is 29.3 Å². The second kappa shape index (κ2) is 8.90. The Morgan fingerprint density at radius 1 is 1.00 bits per heavy atom. The van der Waals surface area contributed by atoms with Crippen LogP contribution in [0.2, 0.25) is 0 Å². The van der Waals surface area contributed by atoms with Crippen molar-refractivity contribution >= 4 is 22.7 Å². The summed E-state index contributed by atoms with van der Waals surface area (Å²) in [5, 5.41) is 5.59. The monoisotopic (exact) mass is 441 g/mol. The van der Waals surface area contributed by atoms with Gasteiger partial charge in [0.2, 0.25) is 0 Å². The van der Waals surface area contributed by atoms with Gasteiger partial charge in [-0.1, -0.05) is 60.7 Å². The van der Waals surface area contributed by atoms with Gasteiger partial charge in [0.1, 0.15) is 0 Å². The largest absolute Gasteiger partial charge is 0.412 e. The normalized spacial score (nSPS) is 14.7. The molecule has 3 amide bonds. The standard InChI is InChI=1S/C24H22F3N3O2/c25-24(26,27)21(20-11-5-8-16-6-1-3-9-18(16)20)29-23(32)28-13-15-30-14-12-17-7-2-4-10-19(17)22(30)31/h1-11,21H,12-15H2,(H2,28,29,32). The molecule has 32 heavy (non-hydrogen) atoms. The van der Waals surface area contributed by atoms with Crippen molar-refractivity contribution in [3.05, 3.63) is 83.4 Å². The van der Waals surface area contributed by atoms with Crippen molar-refractivity contribution in [1.82, 2.24) is 15.5 Å². The van der Waals surface area contributed by atoms with Crippen molar-refractivity contribution in [3.8, 4) is 0 Å². The number of alkyl halides is 3. The minimum atomic E-state index is -4.67. The maximum atomic E-state index is 13.8. The van der Waals surface area contributed by atoms with Crippen LogP contribution in [0.3, 0.4) is 0 Å². The number of carbonyl (C=O) groups is 2. The van der Waals surface area contributed by atoms with Crippen molar-refractivity contribution in [2.75, 3.05) is 19.6 Å². The molecule has 8 heteroatoms. The molecule has 0 bridgehead atoms. The van der Waals surface area contributed by atoms with Crippen molar-refractivity contribution in [1.29, 1.82) is 0 Å². The van der Waals surface area contributed by atoms with Gasteiger partial charge in [-0.3, -0.25) is 4.79 Å². The number of halogens is 3. The number of hydrogen-bond donors (Lipinski definition) is 2. The van der Waals surface area contributed by atoms with E-state index in [1.165, 1.54) is 12.1 Å². The third-order valence-corrected chi connectivity index (χ3v) is 5.59. The first-order chi connectivity index (χ1) is 15.3. The highest BCUT2D eigenvalue weighted by Crippen LogP contribution is 2.36. The zero-order chi connectivity index (χ0) is 22.7. The molecule has 0 fully saturated rings. The van der Waals surface area contributed by atoms with Crippen LogP contribution in [0, 0.1) is 0 Å². The van der Waals surface area contributed by atoms with Gasteiger partial charge in [-0.2, -0.15) is 13.2 Å². The lowest BCUT2D eigenvalue weighted by Gasteiger charge is -2.29. The summed E-state index contributed by atoms with van der Waals surface area (Å²) in [6.45, 7) is 0.756. The summed E-state index contributed by atoms with van der Waals surface area (Å²) in [6.07, 6.45) is -3.97. The number of rotatable bonds is 5. The number of nitrogens with zero attached hydrogens (tertiary/aromatic N) is 1. The number of hydrogen-bond acceptors (Lipinski definition) is 2. The Labute approximate surface area is 183 Å². The highest BCUT2D eigenvalue weighted by atomic mass is 19.4. The van der Waals surface area contributed by atoms with Gasteiger partial charge in [-0.05, 0) is 34.4 Å². The van der Waals surface area contributed by atoms with Crippen molar-refractivity contribution < 1.29 is 22.8 Å². The Kier molecular flexibility index (Phi) is 6.03. The van der Waals surface area contributed by atoms with Crippen LogP contribution in [0.1, 0.15) is 27.5 Å². The van der Waals surface area contributed by atoms with E-state index in [2.05, 4.69) is 10.6 Å². The Morgan fingerprint density at radius 2 is 1.72 bits per heavy atom. The molecule has 1 unspecified atom stereocenters. The van der Waals surface area contributed by atoms with Gasteiger partial charge in [0, 0.05) is 25.2 Å². The molecule has 0 saturated carbocycles. The summed E-state index contributed by atoms with van der Waals surface area (Å²) in [5.41, 5.74) is 1.58. The molecule has 4 rings (SSSR count). The summed E-state index contributed by atoms with van der Waals surface area (Å²) in [6, 6.07) is 15.6. The topological polar surface area (TPSA) is 61.4 Å². The van der Waals surface area contributed by atoms with E-state index in [9.17, 15) is 22.8 Å². The second-order valence-electron chi connectivity index (χ2n) is 7.64. The minimum Gasteiger partial charge on any atom is -0.337 e. The SMILES string of the molecule is O=C(NCCN1CCc2ccccc2C1=O)NC(c1cccc2ccccc12)C(F)(F)F. The van der Waals surface area contributed by atoms with E-state index >= 15 is 0 Å². The lowest BCUT2D eigenvalue weighted by Crippen LogP contribution is -2.47. The zero-order valence-corrected chi connectivity index (χ0v) is 17.2. The molecule has 0 spiro atoms. The molecule has 1 heterocycles. The van der Waals surface area contributed by atoms with Crippen molar-refractivity contribution in [2.24, 2.45) is 0 Å². The number of benzene rings is 3. The predicted octanol–water partition coefficient (Wildman–Crippen LogP) is 4.44. The Hall–Kier alpha value is -3.55. The first-order valence-electron chi connectivity index (χ1n) is 10.3. The van der Waals surface area contributed by atoms with Gasteiger partial charge in [-0.25, -0.2) is 4.79 Å². The van der Waals surface area contributed by atoms with Crippen LogP contribution in [0.4, 0.5) is 18.0 Å². The molecular formula is C24H22F3N3O2. The van der Waals surface area contributed by atoms with E-state index in [1.807, 2.05) is 12.1 Å². The van der Waals surface area contributed by atoms with Gasteiger partial charge in [0.25, 0.3) is 5.91 Å². The molecule has 0 saturated heterocycles. The number of fused-ring (bicyclic) bond motifs is 2. The summed E-state index contributed by atoms with van der Waals surface area (Å²) < 4.78 is 41.4. The number of nitrogens with one attached hydrogen (secondary N) is 2. The Morgan fingerprint density at radius 3 is 2.53 bits per heavy atom. The fourth-order valence-electron chi connectivity index (χ4n) is 4.01. The molecule has 1 aliphatic rings. The number of carbonyl (C=O) groups excluding carboxylic acids is 2. The molecule has 0 aromatic heterocycles. The average molecular weight is 441 g/mol. The molecule has 5 nitrogen and oxygen atoms in total. The van der Waals surface area contributed by atoms with Crippen molar-refractivity contribution in [3.63, 3.8) is 0 Å². The van der Waals surface area contributed by atoms with Crippen LogP contribution in [0.25, 0.3) is 10.8 Å². The van der Waals surface area contributed by atoms with Gasteiger partial charge in [0.15, 0.2) is 6.04 Å². The molecule has 0 radical (unpaired) electrons. The van der Waals surface area contributed by atoms with Crippen LogP contribution in [0.5, 0.6) is 0 Å². The Balaban J connectivity index is 1.40. The summed E-state index contributed by atoms with van der Waals surface area (Å²) >= 11 is 0. The molecule has 2 N–H and O–H groups in total. The van der Waals surface area contributed by atoms with Crippen LogP contribution < -0.4 is 10.6 Å². The minimum absolute atomic E-state index is 0.0198. The van der Waals surface area contributed by atoms with Gasteiger partial charge >= 0.3 is 12.2 Å². The lowest BCUT2D eigenvalue weighted by molar-refractivity contribution is -0.154. The van der Waals surface area contributed by atoms with Gasteiger partial charge in [-0.15, -0.1) is 0 Å². The summed E-state index contributed by atoms with van der Waals surface area (Å²) in [4.78, 5) is 26.5. The van der Waals surface area contributed by atoms with E-state index in [4.69, 9.17) is 0 Å². The molecule has 0 aliphatic carbocycles. The maximum absolute atomic E-state index is 13.8. The second-order valence-corrected chi connectivity index (χ2v) is 7.64.